The van der Waals surface area contributed by atoms with E-state index in [9.17, 15) is 0 Å². The summed E-state index contributed by atoms with van der Waals surface area (Å²) in [5, 5.41) is 3.67. The highest BCUT2D eigenvalue weighted by Gasteiger charge is 2.36. The monoisotopic (exact) mass is 187 g/mol. The van der Waals surface area contributed by atoms with Crippen molar-refractivity contribution >= 4 is 0 Å². The van der Waals surface area contributed by atoms with Crippen LogP contribution in [0, 0.1) is 0 Å². The van der Waals surface area contributed by atoms with Gasteiger partial charge in [-0.15, -0.1) is 0 Å². The Balaban J connectivity index is 2.25. The zero-order valence-corrected chi connectivity index (χ0v) is 8.93. The fourth-order valence-corrected chi connectivity index (χ4v) is 2.95. The minimum Gasteiger partial charge on any atom is -0.309 e. The Bertz CT molecular complexity index is 379. The molecule has 74 valence electrons. The summed E-state index contributed by atoms with van der Waals surface area (Å²) in [7, 11) is 0. The molecule has 3 rings (SSSR count). The molecule has 1 aliphatic carbocycles. The quantitative estimate of drug-likeness (QED) is 0.658. The van der Waals surface area contributed by atoms with E-state index in [-0.39, 0.29) is 0 Å². The third kappa shape index (κ3) is 0.992. The van der Waals surface area contributed by atoms with E-state index in [2.05, 4.69) is 37.4 Å². The first-order chi connectivity index (χ1) is 6.68. The van der Waals surface area contributed by atoms with Crippen LogP contribution in [-0.4, -0.2) is 6.54 Å². The maximum atomic E-state index is 3.67. The number of rotatable bonds is 0. The second kappa shape index (κ2) is 2.60. The largest absolute Gasteiger partial charge is 0.309 e. The summed E-state index contributed by atoms with van der Waals surface area (Å²) in [6.45, 7) is 5.79. The molecule has 14 heavy (non-hydrogen) atoms. The van der Waals surface area contributed by atoms with Crippen LogP contribution in [-0.2, 0) is 11.8 Å². The SMILES string of the molecule is CC1(C)CNC2CCc3cccc1c32. The van der Waals surface area contributed by atoms with Crippen LogP contribution < -0.4 is 5.32 Å². The van der Waals surface area contributed by atoms with Crippen LogP contribution in [0.25, 0.3) is 0 Å². The Hall–Kier alpha value is -0.820. The van der Waals surface area contributed by atoms with Crippen molar-refractivity contribution in [2.45, 2.75) is 38.1 Å². The van der Waals surface area contributed by atoms with E-state index in [1.165, 1.54) is 12.8 Å². The molecule has 0 saturated heterocycles. The summed E-state index contributed by atoms with van der Waals surface area (Å²) in [6.07, 6.45) is 2.55. The molecule has 1 N–H and O–H groups in total. The van der Waals surface area contributed by atoms with Gasteiger partial charge in [-0.1, -0.05) is 32.0 Å². The summed E-state index contributed by atoms with van der Waals surface area (Å²) in [4.78, 5) is 0. The zero-order chi connectivity index (χ0) is 9.76. The van der Waals surface area contributed by atoms with E-state index in [1.54, 1.807) is 16.7 Å². The summed E-state index contributed by atoms with van der Waals surface area (Å²) in [5.74, 6) is 0. The van der Waals surface area contributed by atoms with Gasteiger partial charge in [0.15, 0.2) is 0 Å². The minimum atomic E-state index is 0.312. The van der Waals surface area contributed by atoms with E-state index < -0.39 is 0 Å². The third-order valence-corrected chi connectivity index (χ3v) is 3.77. The van der Waals surface area contributed by atoms with E-state index in [1.807, 2.05) is 0 Å². The molecule has 1 heteroatoms. The van der Waals surface area contributed by atoms with Crippen molar-refractivity contribution in [1.29, 1.82) is 0 Å². The van der Waals surface area contributed by atoms with Crippen molar-refractivity contribution < 1.29 is 0 Å². The number of hydrogen-bond donors (Lipinski definition) is 1. The van der Waals surface area contributed by atoms with Gasteiger partial charge < -0.3 is 5.32 Å². The van der Waals surface area contributed by atoms with Gasteiger partial charge in [-0.05, 0) is 29.5 Å². The van der Waals surface area contributed by atoms with Crippen LogP contribution in [0.5, 0.6) is 0 Å². The van der Waals surface area contributed by atoms with Crippen molar-refractivity contribution in [2.75, 3.05) is 6.54 Å². The molecule has 1 aliphatic heterocycles. The third-order valence-electron chi connectivity index (χ3n) is 3.77. The van der Waals surface area contributed by atoms with Crippen molar-refractivity contribution in [3.8, 4) is 0 Å². The Labute approximate surface area is 85.5 Å². The molecule has 1 atom stereocenters. The van der Waals surface area contributed by atoms with Gasteiger partial charge in [0, 0.05) is 18.0 Å². The van der Waals surface area contributed by atoms with Gasteiger partial charge in [0.1, 0.15) is 0 Å². The summed E-state index contributed by atoms with van der Waals surface area (Å²) < 4.78 is 0. The Kier molecular flexibility index (Phi) is 1.58. The van der Waals surface area contributed by atoms with Crippen LogP contribution in [0.3, 0.4) is 0 Å². The van der Waals surface area contributed by atoms with Gasteiger partial charge >= 0.3 is 0 Å². The predicted molar refractivity (Wildman–Crippen MR) is 58.5 cm³/mol. The van der Waals surface area contributed by atoms with Gasteiger partial charge in [0.25, 0.3) is 0 Å². The van der Waals surface area contributed by atoms with Gasteiger partial charge in [-0.2, -0.15) is 0 Å². The van der Waals surface area contributed by atoms with Gasteiger partial charge in [0.05, 0.1) is 0 Å². The van der Waals surface area contributed by atoms with Crippen LogP contribution >= 0.6 is 0 Å². The zero-order valence-electron chi connectivity index (χ0n) is 8.93. The lowest BCUT2D eigenvalue weighted by atomic mass is 9.77. The maximum Gasteiger partial charge on any atom is 0.0329 e. The number of benzene rings is 1. The number of nitrogens with one attached hydrogen (secondary N) is 1. The van der Waals surface area contributed by atoms with Gasteiger partial charge in [-0.3, -0.25) is 0 Å². The lowest BCUT2D eigenvalue weighted by Gasteiger charge is -2.36. The van der Waals surface area contributed by atoms with E-state index >= 15 is 0 Å². The van der Waals surface area contributed by atoms with E-state index in [0.29, 0.717) is 11.5 Å². The van der Waals surface area contributed by atoms with E-state index in [0.717, 1.165) is 6.54 Å². The Morgan fingerprint density at radius 3 is 3.07 bits per heavy atom. The first-order valence-corrected chi connectivity index (χ1v) is 5.54. The van der Waals surface area contributed by atoms with Crippen molar-refractivity contribution in [2.24, 2.45) is 0 Å². The second-order valence-corrected chi connectivity index (χ2v) is 5.23. The molecule has 1 nitrogen and oxygen atoms in total. The average molecular weight is 187 g/mol. The first kappa shape index (κ1) is 8.49. The molecular weight excluding hydrogens is 170 g/mol. The average Bonchev–Trinajstić information content (AvgIpc) is 2.57. The lowest BCUT2D eigenvalue weighted by Crippen LogP contribution is -2.40. The topological polar surface area (TPSA) is 12.0 Å². The molecule has 0 radical (unpaired) electrons. The molecule has 1 heterocycles. The summed E-state index contributed by atoms with van der Waals surface area (Å²) >= 11 is 0. The number of aryl methyl sites for hydroxylation is 1. The summed E-state index contributed by atoms with van der Waals surface area (Å²) in [6, 6.07) is 7.48. The highest BCUT2D eigenvalue weighted by molar-refractivity contribution is 5.46. The van der Waals surface area contributed by atoms with Crippen LogP contribution in [0.1, 0.15) is 43.0 Å². The smallest absolute Gasteiger partial charge is 0.0329 e. The standard InChI is InChI=1S/C13H17N/c1-13(2)8-14-11-7-6-9-4-3-5-10(13)12(9)11/h3-5,11,14H,6-8H2,1-2H3. The van der Waals surface area contributed by atoms with Gasteiger partial charge in [0.2, 0.25) is 0 Å². The molecule has 2 aliphatic rings. The normalized spacial score (nSPS) is 27.4. The molecule has 0 saturated carbocycles. The number of hydrogen-bond acceptors (Lipinski definition) is 1. The second-order valence-electron chi connectivity index (χ2n) is 5.23. The summed E-state index contributed by atoms with van der Waals surface area (Å²) in [5.41, 5.74) is 5.08. The Morgan fingerprint density at radius 1 is 1.36 bits per heavy atom. The highest BCUT2D eigenvalue weighted by Crippen LogP contribution is 2.42. The van der Waals surface area contributed by atoms with Crippen molar-refractivity contribution in [3.63, 3.8) is 0 Å². The van der Waals surface area contributed by atoms with Crippen LogP contribution in [0.15, 0.2) is 18.2 Å². The molecule has 1 aromatic rings. The van der Waals surface area contributed by atoms with Crippen LogP contribution in [0.2, 0.25) is 0 Å². The molecule has 0 bridgehead atoms. The molecule has 1 aromatic carbocycles. The Morgan fingerprint density at radius 2 is 2.21 bits per heavy atom. The lowest BCUT2D eigenvalue weighted by molar-refractivity contribution is 0.384. The molecule has 1 unspecified atom stereocenters. The van der Waals surface area contributed by atoms with Crippen molar-refractivity contribution in [3.05, 3.63) is 34.9 Å². The highest BCUT2D eigenvalue weighted by atomic mass is 14.9. The molecular formula is C13H17N. The van der Waals surface area contributed by atoms with Crippen molar-refractivity contribution in [1.82, 2.24) is 5.32 Å². The minimum absolute atomic E-state index is 0.312. The molecule has 0 spiro atoms. The predicted octanol–water partition coefficient (Wildman–Crippen LogP) is 2.55. The maximum absolute atomic E-state index is 3.67. The fraction of sp³-hybridized carbons (Fsp3) is 0.538. The first-order valence-electron chi connectivity index (χ1n) is 5.54. The molecule has 0 fully saturated rings. The molecule has 0 amide bonds. The van der Waals surface area contributed by atoms with Gasteiger partial charge in [-0.25, -0.2) is 0 Å². The van der Waals surface area contributed by atoms with Crippen LogP contribution in [0.4, 0.5) is 0 Å². The van der Waals surface area contributed by atoms with E-state index in [4.69, 9.17) is 0 Å². The molecule has 0 aromatic heterocycles. The fourth-order valence-electron chi connectivity index (χ4n) is 2.95.